The number of nitrogens with zero attached hydrogens (tertiary/aromatic N) is 2. The third-order valence-corrected chi connectivity index (χ3v) is 7.72. The Hall–Kier alpha value is -2.73. The summed E-state index contributed by atoms with van der Waals surface area (Å²) in [6.45, 7) is 7.73. The Bertz CT molecular complexity index is 1350. The fraction of sp³-hybridized carbons (Fsp3) is 0.241. The second-order valence-electron chi connectivity index (χ2n) is 8.65. The molecule has 4 nitrogen and oxygen atoms in total. The molecule has 0 saturated heterocycles. The molecule has 0 radical (unpaired) electrons. The van der Waals surface area contributed by atoms with Crippen LogP contribution in [0.1, 0.15) is 34.8 Å². The largest absolute Gasteiger partial charge is 0.352 e. The van der Waals surface area contributed by atoms with Crippen LogP contribution in [0.3, 0.4) is 0 Å². The van der Waals surface area contributed by atoms with Crippen LogP contribution in [-0.4, -0.2) is 27.8 Å². The summed E-state index contributed by atoms with van der Waals surface area (Å²) < 4.78 is 2.29. The molecular formula is C29H29Cl2N3OS. The smallest absolute Gasteiger partial charge is 0.251 e. The highest BCUT2D eigenvalue weighted by atomic mass is 35.5. The van der Waals surface area contributed by atoms with E-state index in [0.29, 0.717) is 22.2 Å². The van der Waals surface area contributed by atoms with Gasteiger partial charge in [-0.25, -0.2) is 4.98 Å². The summed E-state index contributed by atoms with van der Waals surface area (Å²) in [4.78, 5) is 17.5. The number of imidazole rings is 1. The molecule has 0 fully saturated rings. The molecule has 0 aliphatic rings. The number of benzene rings is 3. The normalized spacial score (nSPS) is 11.0. The molecule has 1 aromatic heterocycles. The van der Waals surface area contributed by atoms with Crippen LogP contribution >= 0.6 is 35.0 Å². The van der Waals surface area contributed by atoms with E-state index in [2.05, 4.69) is 79.2 Å². The lowest BCUT2D eigenvalue weighted by Gasteiger charge is -2.11. The van der Waals surface area contributed by atoms with Crippen LogP contribution < -0.4 is 5.32 Å². The molecule has 7 heteroatoms. The van der Waals surface area contributed by atoms with E-state index in [4.69, 9.17) is 28.2 Å². The van der Waals surface area contributed by atoms with Crippen molar-refractivity contribution >= 4 is 40.9 Å². The van der Waals surface area contributed by atoms with Gasteiger partial charge in [0.2, 0.25) is 0 Å². The summed E-state index contributed by atoms with van der Waals surface area (Å²) in [7, 11) is 0. The van der Waals surface area contributed by atoms with Crippen molar-refractivity contribution in [2.45, 2.75) is 38.9 Å². The topological polar surface area (TPSA) is 46.9 Å². The van der Waals surface area contributed by atoms with Gasteiger partial charge in [-0.3, -0.25) is 4.79 Å². The Morgan fingerprint density at radius 2 is 1.56 bits per heavy atom. The Morgan fingerprint density at radius 3 is 2.17 bits per heavy atom. The zero-order valence-electron chi connectivity index (χ0n) is 20.6. The number of aryl methyl sites for hydroxylation is 2. The average molecular weight is 539 g/mol. The number of halogens is 2. The molecule has 4 aromatic rings. The lowest BCUT2D eigenvalue weighted by molar-refractivity contribution is 0.0954. The first-order chi connectivity index (χ1) is 17.4. The minimum atomic E-state index is -0.156. The van der Waals surface area contributed by atoms with Gasteiger partial charge >= 0.3 is 0 Å². The lowest BCUT2D eigenvalue weighted by atomic mass is 10.0. The number of hydrogen-bond donors (Lipinski definition) is 1. The fourth-order valence-corrected chi connectivity index (χ4v) is 5.23. The van der Waals surface area contributed by atoms with Crippen molar-refractivity contribution in [3.05, 3.63) is 93.5 Å². The maximum absolute atomic E-state index is 12.4. The van der Waals surface area contributed by atoms with Gasteiger partial charge in [0, 0.05) is 35.5 Å². The number of amides is 1. The SMILES string of the molecule is CCn1c(SCCCNC(=O)c2ccc(Cl)c(Cl)c2)nc(-c2ccc(C)cc2)c1-c1ccc(C)cc1. The fourth-order valence-electron chi connectivity index (χ4n) is 3.93. The molecule has 1 amide bonds. The van der Waals surface area contributed by atoms with Crippen LogP contribution in [-0.2, 0) is 6.54 Å². The number of aromatic nitrogens is 2. The van der Waals surface area contributed by atoms with Gasteiger partial charge in [-0.05, 0) is 45.4 Å². The minimum Gasteiger partial charge on any atom is -0.352 e. The van der Waals surface area contributed by atoms with Gasteiger partial charge < -0.3 is 9.88 Å². The third-order valence-electron chi connectivity index (χ3n) is 5.92. The van der Waals surface area contributed by atoms with Gasteiger partial charge in [0.05, 0.1) is 21.4 Å². The molecule has 4 rings (SSSR count). The molecule has 1 heterocycles. The predicted octanol–water partition coefficient (Wildman–Crippen LogP) is 8.07. The number of hydrogen-bond acceptors (Lipinski definition) is 3. The zero-order chi connectivity index (χ0) is 25.7. The first kappa shape index (κ1) is 26.3. The lowest BCUT2D eigenvalue weighted by Crippen LogP contribution is -2.24. The van der Waals surface area contributed by atoms with Gasteiger partial charge in [-0.15, -0.1) is 0 Å². The van der Waals surface area contributed by atoms with Crippen LogP contribution in [0.25, 0.3) is 22.5 Å². The molecule has 0 unspecified atom stereocenters. The maximum atomic E-state index is 12.4. The maximum Gasteiger partial charge on any atom is 0.251 e. The van der Waals surface area contributed by atoms with Crippen molar-refractivity contribution in [1.29, 1.82) is 0 Å². The molecule has 0 atom stereocenters. The third kappa shape index (κ3) is 6.15. The Labute approximate surface area is 227 Å². The molecule has 0 aliphatic carbocycles. The highest BCUT2D eigenvalue weighted by molar-refractivity contribution is 7.99. The second kappa shape index (κ2) is 12.0. The second-order valence-corrected chi connectivity index (χ2v) is 10.5. The summed E-state index contributed by atoms with van der Waals surface area (Å²) in [5, 5.41) is 4.75. The Morgan fingerprint density at radius 1 is 0.917 bits per heavy atom. The van der Waals surface area contributed by atoms with Crippen LogP contribution in [0.4, 0.5) is 0 Å². The summed E-state index contributed by atoms with van der Waals surface area (Å²) in [6, 6.07) is 22.1. The van der Waals surface area contributed by atoms with E-state index in [1.165, 1.54) is 11.1 Å². The number of nitrogens with one attached hydrogen (secondary N) is 1. The Kier molecular flexibility index (Phi) is 8.78. The first-order valence-corrected chi connectivity index (χ1v) is 13.7. The predicted molar refractivity (Wildman–Crippen MR) is 152 cm³/mol. The molecule has 186 valence electrons. The number of thioether (sulfide) groups is 1. The Balaban J connectivity index is 1.49. The minimum absolute atomic E-state index is 0.156. The van der Waals surface area contributed by atoms with Crippen molar-refractivity contribution in [3.63, 3.8) is 0 Å². The highest BCUT2D eigenvalue weighted by Crippen LogP contribution is 2.36. The molecule has 1 N–H and O–H groups in total. The van der Waals surface area contributed by atoms with Gasteiger partial charge in [0.15, 0.2) is 5.16 Å². The van der Waals surface area contributed by atoms with E-state index in [0.717, 1.165) is 46.4 Å². The molecule has 0 bridgehead atoms. The van der Waals surface area contributed by atoms with Gasteiger partial charge in [-0.2, -0.15) is 0 Å². The van der Waals surface area contributed by atoms with Crippen molar-refractivity contribution in [3.8, 4) is 22.5 Å². The van der Waals surface area contributed by atoms with Crippen LogP contribution in [0.2, 0.25) is 10.0 Å². The quantitative estimate of drug-likeness (QED) is 0.173. The average Bonchev–Trinajstić information content (AvgIpc) is 3.24. The molecular weight excluding hydrogens is 509 g/mol. The van der Waals surface area contributed by atoms with E-state index >= 15 is 0 Å². The zero-order valence-corrected chi connectivity index (χ0v) is 23.0. The molecule has 36 heavy (non-hydrogen) atoms. The van der Waals surface area contributed by atoms with Gasteiger partial charge in [0.25, 0.3) is 5.91 Å². The monoisotopic (exact) mass is 537 g/mol. The number of carbonyl (C=O) groups excluding carboxylic acids is 1. The van der Waals surface area contributed by atoms with Gasteiger partial charge in [0.1, 0.15) is 0 Å². The van der Waals surface area contributed by atoms with Crippen molar-refractivity contribution in [1.82, 2.24) is 14.9 Å². The van der Waals surface area contributed by atoms with E-state index in [9.17, 15) is 4.79 Å². The number of carbonyl (C=O) groups is 1. The molecule has 0 saturated carbocycles. The van der Waals surface area contributed by atoms with E-state index in [1.54, 1.807) is 30.0 Å². The van der Waals surface area contributed by atoms with Crippen LogP contribution in [0.5, 0.6) is 0 Å². The van der Waals surface area contributed by atoms with E-state index in [1.807, 2.05) is 0 Å². The standard InChI is InChI=1S/C29H29Cl2N3OS/c1-4-34-27(22-12-8-20(3)9-13-22)26(21-10-6-19(2)7-11-21)33-29(34)36-17-5-16-32-28(35)23-14-15-24(30)25(31)18-23/h6-15,18H,4-5,16-17H2,1-3H3,(H,32,35). The number of rotatable bonds is 9. The first-order valence-electron chi connectivity index (χ1n) is 12.0. The summed E-state index contributed by atoms with van der Waals surface area (Å²) in [5.74, 6) is 0.677. The summed E-state index contributed by atoms with van der Waals surface area (Å²) in [6.07, 6.45) is 0.814. The van der Waals surface area contributed by atoms with Gasteiger partial charge in [-0.1, -0.05) is 94.6 Å². The summed E-state index contributed by atoms with van der Waals surface area (Å²) >= 11 is 13.7. The molecule has 0 aliphatic heterocycles. The molecule has 0 spiro atoms. The molecule has 3 aromatic carbocycles. The van der Waals surface area contributed by atoms with Crippen LogP contribution in [0.15, 0.2) is 71.9 Å². The van der Waals surface area contributed by atoms with Crippen LogP contribution in [0, 0.1) is 13.8 Å². The van der Waals surface area contributed by atoms with E-state index < -0.39 is 0 Å². The van der Waals surface area contributed by atoms with Crippen molar-refractivity contribution in [2.24, 2.45) is 0 Å². The summed E-state index contributed by atoms with van der Waals surface area (Å²) in [5.41, 5.74) is 7.36. The highest BCUT2D eigenvalue weighted by Gasteiger charge is 2.19. The van der Waals surface area contributed by atoms with Crippen molar-refractivity contribution in [2.75, 3.05) is 12.3 Å². The van der Waals surface area contributed by atoms with E-state index in [-0.39, 0.29) is 5.91 Å². The van der Waals surface area contributed by atoms with Crippen molar-refractivity contribution < 1.29 is 4.79 Å².